The fourth-order valence-corrected chi connectivity index (χ4v) is 6.29. The van der Waals surface area contributed by atoms with Gasteiger partial charge in [-0.3, -0.25) is 4.79 Å². The van der Waals surface area contributed by atoms with E-state index in [1.165, 1.54) is 141 Å². The van der Waals surface area contributed by atoms with Crippen molar-refractivity contribution in [1.82, 2.24) is 4.90 Å². The maximum atomic E-state index is 12.3. The van der Waals surface area contributed by atoms with Crippen LogP contribution in [0.4, 0.5) is 0 Å². The molecule has 0 heterocycles. The fourth-order valence-electron chi connectivity index (χ4n) is 6.29. The Morgan fingerprint density at radius 1 is 0.500 bits per heavy atom. The average Bonchev–Trinajstić information content (AvgIpc) is 3.03. The van der Waals surface area contributed by atoms with Crippen LogP contribution < -0.4 is 0 Å². The lowest BCUT2D eigenvalue weighted by Gasteiger charge is -2.25. The lowest BCUT2D eigenvalue weighted by atomic mass is 9.81. The van der Waals surface area contributed by atoms with Crippen LogP contribution in [0.2, 0.25) is 0 Å². The number of hydrogen-bond acceptors (Lipinski definition) is 2. The number of allylic oxidation sites excluding steroid dienone is 8. The molecule has 0 amide bonds. The summed E-state index contributed by atoms with van der Waals surface area (Å²) in [6.07, 6.45) is 51.8. The SMILES string of the molecule is CCCCC/C=C\C/C=C\CCCCCCCCC(CCCCCCCC/C=C\C/C=C/CCCCC)C(CCN(C)C)C(=O)O. The molecule has 0 fully saturated rings. The van der Waals surface area contributed by atoms with Crippen molar-refractivity contribution in [2.45, 2.75) is 187 Å². The molecular weight excluding hydrogens is 562 g/mol. The molecule has 0 aromatic heterocycles. The molecule has 0 saturated heterocycles. The second kappa shape index (κ2) is 36.2. The van der Waals surface area contributed by atoms with Crippen LogP contribution in [-0.2, 0) is 4.79 Å². The molecule has 0 aliphatic rings. The predicted octanol–water partition coefficient (Wildman–Crippen LogP) is 13.7. The minimum absolute atomic E-state index is 0.196. The van der Waals surface area contributed by atoms with Crippen molar-refractivity contribution in [3.63, 3.8) is 0 Å². The first-order valence-corrected chi connectivity index (χ1v) is 20.0. The third kappa shape index (κ3) is 32.3. The number of unbranched alkanes of at least 4 members (excludes halogenated alkanes) is 18. The molecule has 1 N–H and O–H groups in total. The quantitative estimate of drug-likeness (QED) is 0.0553. The van der Waals surface area contributed by atoms with Gasteiger partial charge >= 0.3 is 5.97 Å². The van der Waals surface area contributed by atoms with Gasteiger partial charge in [-0.2, -0.15) is 0 Å². The van der Waals surface area contributed by atoms with Crippen LogP contribution in [-0.4, -0.2) is 36.6 Å². The molecule has 46 heavy (non-hydrogen) atoms. The number of carboxylic acids is 1. The van der Waals surface area contributed by atoms with Crippen molar-refractivity contribution in [2.75, 3.05) is 20.6 Å². The van der Waals surface area contributed by atoms with E-state index in [0.717, 1.165) is 38.6 Å². The topological polar surface area (TPSA) is 40.5 Å². The second-order valence-electron chi connectivity index (χ2n) is 14.0. The van der Waals surface area contributed by atoms with E-state index in [-0.39, 0.29) is 5.92 Å². The lowest BCUT2D eigenvalue weighted by Crippen LogP contribution is -2.28. The molecule has 0 rings (SSSR count). The van der Waals surface area contributed by atoms with Gasteiger partial charge in [0.05, 0.1) is 5.92 Å². The van der Waals surface area contributed by atoms with Gasteiger partial charge in [0.1, 0.15) is 0 Å². The molecule has 2 atom stereocenters. The van der Waals surface area contributed by atoms with E-state index in [0.29, 0.717) is 5.92 Å². The molecule has 268 valence electrons. The van der Waals surface area contributed by atoms with Crippen molar-refractivity contribution in [2.24, 2.45) is 11.8 Å². The molecular formula is C43H79NO2. The Balaban J connectivity index is 4.15. The number of carbonyl (C=O) groups is 1. The summed E-state index contributed by atoms with van der Waals surface area (Å²) in [7, 11) is 4.11. The fraction of sp³-hybridized carbons (Fsp3) is 0.791. The van der Waals surface area contributed by atoms with Crippen molar-refractivity contribution in [3.8, 4) is 0 Å². The highest BCUT2D eigenvalue weighted by Gasteiger charge is 2.27. The molecule has 0 aromatic rings. The molecule has 0 aliphatic heterocycles. The molecule has 2 unspecified atom stereocenters. The first-order chi connectivity index (χ1) is 22.5. The van der Waals surface area contributed by atoms with Crippen LogP contribution >= 0.6 is 0 Å². The summed E-state index contributed by atoms with van der Waals surface area (Å²) in [4.78, 5) is 14.4. The van der Waals surface area contributed by atoms with Crippen molar-refractivity contribution >= 4 is 5.97 Å². The van der Waals surface area contributed by atoms with Crippen molar-refractivity contribution in [1.29, 1.82) is 0 Å². The summed E-state index contributed by atoms with van der Waals surface area (Å²) >= 11 is 0. The largest absolute Gasteiger partial charge is 0.481 e. The van der Waals surface area contributed by atoms with E-state index in [9.17, 15) is 9.90 Å². The van der Waals surface area contributed by atoms with Crippen molar-refractivity contribution in [3.05, 3.63) is 48.6 Å². The maximum absolute atomic E-state index is 12.3. The van der Waals surface area contributed by atoms with E-state index < -0.39 is 5.97 Å². The first-order valence-electron chi connectivity index (χ1n) is 20.0. The molecule has 0 aliphatic carbocycles. The summed E-state index contributed by atoms with van der Waals surface area (Å²) in [5.74, 6) is -0.445. The monoisotopic (exact) mass is 642 g/mol. The van der Waals surface area contributed by atoms with Gasteiger partial charge in [0.2, 0.25) is 0 Å². The third-order valence-electron chi connectivity index (χ3n) is 9.32. The van der Waals surface area contributed by atoms with Gasteiger partial charge < -0.3 is 10.0 Å². The highest BCUT2D eigenvalue weighted by Crippen LogP contribution is 2.29. The van der Waals surface area contributed by atoms with Crippen molar-refractivity contribution < 1.29 is 9.90 Å². The number of aliphatic carboxylic acids is 1. The van der Waals surface area contributed by atoms with Gasteiger partial charge in [-0.1, -0.05) is 152 Å². The Labute approximate surface area is 288 Å². The Morgan fingerprint density at radius 2 is 0.848 bits per heavy atom. The Morgan fingerprint density at radius 3 is 1.20 bits per heavy atom. The predicted molar refractivity (Wildman–Crippen MR) is 206 cm³/mol. The minimum Gasteiger partial charge on any atom is -0.481 e. The second-order valence-corrected chi connectivity index (χ2v) is 14.0. The number of nitrogens with zero attached hydrogens (tertiary/aromatic N) is 1. The van der Waals surface area contributed by atoms with E-state index in [1.807, 2.05) is 0 Å². The molecule has 0 spiro atoms. The molecule has 3 nitrogen and oxygen atoms in total. The maximum Gasteiger partial charge on any atom is 0.306 e. The molecule has 0 saturated carbocycles. The zero-order valence-corrected chi connectivity index (χ0v) is 31.4. The zero-order chi connectivity index (χ0) is 33.8. The highest BCUT2D eigenvalue weighted by molar-refractivity contribution is 5.70. The summed E-state index contributed by atoms with van der Waals surface area (Å²) in [5.41, 5.74) is 0. The standard InChI is InChI=1S/C43H79NO2/c1-5-7-9-11-13-15-17-19-21-23-25-27-29-31-33-35-37-41(42(43(45)46)39-40-44(3)4)38-36-34-32-30-28-26-24-22-20-18-16-14-12-10-8-6-2/h13-16,19-22,41-42H,5-12,17-18,23-40H2,1-4H3,(H,45,46)/b15-13-,16-14+,21-19-,22-20-. The van der Waals surface area contributed by atoms with E-state index in [2.05, 4.69) is 81.5 Å². The van der Waals surface area contributed by atoms with Crippen LogP contribution in [0, 0.1) is 11.8 Å². The normalized spacial score (nSPS) is 13.8. The van der Waals surface area contributed by atoms with Gasteiger partial charge in [-0.25, -0.2) is 0 Å². The zero-order valence-electron chi connectivity index (χ0n) is 31.4. The number of hydrogen-bond donors (Lipinski definition) is 1. The van der Waals surface area contributed by atoms with Crippen LogP contribution in [0.5, 0.6) is 0 Å². The van der Waals surface area contributed by atoms with E-state index in [1.54, 1.807) is 0 Å². The summed E-state index contributed by atoms with van der Waals surface area (Å²) in [5, 5.41) is 10.1. The summed E-state index contributed by atoms with van der Waals surface area (Å²) in [6, 6.07) is 0. The van der Waals surface area contributed by atoms with E-state index in [4.69, 9.17) is 0 Å². The van der Waals surface area contributed by atoms with Crippen LogP contribution in [0.15, 0.2) is 48.6 Å². The molecule has 0 radical (unpaired) electrons. The van der Waals surface area contributed by atoms with Gasteiger partial charge in [0.15, 0.2) is 0 Å². The Kier molecular flexibility index (Phi) is 35.0. The number of rotatable bonds is 35. The minimum atomic E-state index is -0.577. The smallest absolute Gasteiger partial charge is 0.306 e. The Bertz CT molecular complexity index is 702. The van der Waals surface area contributed by atoms with Gasteiger partial charge in [0, 0.05) is 0 Å². The first kappa shape index (κ1) is 44.4. The van der Waals surface area contributed by atoms with Gasteiger partial charge in [-0.05, 0) is 110 Å². The number of carboxylic acid groups (broad SMARTS) is 1. The summed E-state index contributed by atoms with van der Waals surface area (Å²) in [6.45, 7) is 5.38. The summed E-state index contributed by atoms with van der Waals surface area (Å²) < 4.78 is 0. The van der Waals surface area contributed by atoms with Crippen LogP contribution in [0.1, 0.15) is 187 Å². The molecule has 0 aromatic carbocycles. The van der Waals surface area contributed by atoms with Gasteiger partial charge in [-0.15, -0.1) is 0 Å². The Hall–Kier alpha value is -1.61. The van der Waals surface area contributed by atoms with Crippen LogP contribution in [0.3, 0.4) is 0 Å². The van der Waals surface area contributed by atoms with Gasteiger partial charge in [0.25, 0.3) is 0 Å². The molecule has 0 bridgehead atoms. The third-order valence-corrected chi connectivity index (χ3v) is 9.32. The van der Waals surface area contributed by atoms with E-state index >= 15 is 0 Å². The lowest BCUT2D eigenvalue weighted by molar-refractivity contribution is -0.144. The van der Waals surface area contributed by atoms with Crippen LogP contribution in [0.25, 0.3) is 0 Å². The highest BCUT2D eigenvalue weighted by atomic mass is 16.4. The average molecular weight is 642 g/mol. The molecule has 3 heteroatoms.